The first-order valence-electron chi connectivity index (χ1n) is 28.2. The van der Waals surface area contributed by atoms with Crippen molar-refractivity contribution < 1.29 is 28.6 Å². The lowest BCUT2D eigenvalue weighted by Crippen LogP contribution is -2.30. The predicted molar refractivity (Wildman–Crippen MR) is 302 cm³/mol. The summed E-state index contributed by atoms with van der Waals surface area (Å²) in [6, 6.07) is 0. The van der Waals surface area contributed by atoms with E-state index in [2.05, 4.69) is 154 Å². The zero-order chi connectivity index (χ0) is 50.7. The van der Waals surface area contributed by atoms with E-state index in [1.54, 1.807) is 0 Å². The minimum absolute atomic E-state index is 0.0974. The first-order valence-corrected chi connectivity index (χ1v) is 28.2. The van der Waals surface area contributed by atoms with E-state index in [-0.39, 0.29) is 31.1 Å². The Morgan fingerprint density at radius 2 is 0.571 bits per heavy atom. The third kappa shape index (κ3) is 54.5. The van der Waals surface area contributed by atoms with E-state index in [9.17, 15) is 14.4 Å². The lowest BCUT2D eigenvalue weighted by Gasteiger charge is -2.18. The maximum atomic E-state index is 12.7. The fourth-order valence-corrected chi connectivity index (χ4v) is 7.16. The Bertz CT molecular complexity index is 1530. The van der Waals surface area contributed by atoms with Crippen molar-refractivity contribution in [2.75, 3.05) is 13.2 Å². The third-order valence-electron chi connectivity index (χ3n) is 11.4. The third-order valence-corrected chi connectivity index (χ3v) is 11.4. The zero-order valence-electron chi connectivity index (χ0n) is 45.0. The number of carbonyl (C=O) groups excluding carboxylic acids is 3. The van der Waals surface area contributed by atoms with E-state index in [1.807, 2.05) is 0 Å². The van der Waals surface area contributed by atoms with Crippen LogP contribution in [0.4, 0.5) is 0 Å². The van der Waals surface area contributed by atoms with Crippen molar-refractivity contribution in [1.29, 1.82) is 0 Å². The van der Waals surface area contributed by atoms with Gasteiger partial charge in [-0.1, -0.05) is 231 Å². The quantitative estimate of drug-likeness (QED) is 0.0262. The van der Waals surface area contributed by atoms with E-state index < -0.39 is 6.10 Å². The van der Waals surface area contributed by atoms with E-state index >= 15 is 0 Å². The largest absolute Gasteiger partial charge is 0.462 e. The van der Waals surface area contributed by atoms with Crippen LogP contribution in [0.1, 0.15) is 233 Å². The van der Waals surface area contributed by atoms with Crippen LogP contribution in [-0.2, 0) is 28.6 Å². The standard InChI is InChI=1S/C64H102O6/c1-4-7-10-13-16-19-21-22-23-24-25-26-27-28-29-30-31-32-33-34-35-36-37-38-39-40-41-42-44-45-48-51-54-57-63(66)69-60-61(59-68-62(65)56-53-50-47-18-15-12-9-6-3)70-64(67)58-55-52-49-46-43-20-17-14-11-8-5-2/h7,10,14,16-17,19,22-23,25-26,28-29,31-32,34-35,37-38,40-41,44-45,61H,4-6,8-9,11-13,15,18,20-21,24,27,30,33,36,39,42-43,46-60H2,1-3H3/b10-7-,17-14-,19-16-,23-22-,26-25-,29-28-,32-31-,35-34-,38-37-,41-40-,45-44-. The van der Waals surface area contributed by atoms with Crippen LogP contribution in [0.3, 0.4) is 0 Å². The molecule has 0 saturated carbocycles. The topological polar surface area (TPSA) is 78.9 Å². The zero-order valence-corrected chi connectivity index (χ0v) is 45.0. The van der Waals surface area contributed by atoms with E-state index in [1.165, 1.54) is 57.8 Å². The van der Waals surface area contributed by atoms with Crippen molar-refractivity contribution in [3.8, 4) is 0 Å². The molecule has 0 saturated heterocycles. The number of rotatable bonds is 49. The van der Waals surface area contributed by atoms with Crippen molar-refractivity contribution in [3.05, 3.63) is 134 Å². The first-order chi connectivity index (χ1) is 34.5. The molecule has 0 N–H and O–H groups in total. The van der Waals surface area contributed by atoms with Gasteiger partial charge in [-0.25, -0.2) is 0 Å². The van der Waals surface area contributed by atoms with Crippen LogP contribution >= 0.6 is 0 Å². The van der Waals surface area contributed by atoms with E-state index in [4.69, 9.17) is 14.2 Å². The van der Waals surface area contributed by atoms with E-state index in [0.717, 1.165) is 128 Å². The molecule has 394 valence electrons. The van der Waals surface area contributed by atoms with Crippen LogP contribution < -0.4 is 0 Å². The van der Waals surface area contributed by atoms with Gasteiger partial charge in [-0.15, -0.1) is 0 Å². The molecule has 0 aliphatic heterocycles. The Morgan fingerprint density at radius 1 is 0.300 bits per heavy atom. The van der Waals surface area contributed by atoms with Crippen LogP contribution in [-0.4, -0.2) is 37.2 Å². The number of esters is 3. The van der Waals surface area contributed by atoms with Crippen LogP contribution in [0.25, 0.3) is 0 Å². The number of ether oxygens (including phenoxy) is 3. The molecule has 0 rings (SSSR count). The van der Waals surface area contributed by atoms with Crippen molar-refractivity contribution in [1.82, 2.24) is 0 Å². The Kier molecular flexibility index (Phi) is 53.5. The normalized spacial score (nSPS) is 13.1. The molecule has 0 aliphatic carbocycles. The molecule has 6 nitrogen and oxygen atoms in total. The second kappa shape index (κ2) is 57.1. The fourth-order valence-electron chi connectivity index (χ4n) is 7.16. The maximum absolute atomic E-state index is 12.7. The highest BCUT2D eigenvalue weighted by Gasteiger charge is 2.19. The molecular formula is C64H102O6. The van der Waals surface area contributed by atoms with Gasteiger partial charge in [0, 0.05) is 19.3 Å². The molecule has 1 atom stereocenters. The van der Waals surface area contributed by atoms with Crippen molar-refractivity contribution in [2.24, 2.45) is 0 Å². The minimum Gasteiger partial charge on any atom is -0.462 e. The molecule has 0 aliphatic rings. The predicted octanol–water partition coefficient (Wildman–Crippen LogP) is 19.0. The summed E-state index contributed by atoms with van der Waals surface area (Å²) in [5, 5.41) is 0. The highest BCUT2D eigenvalue weighted by molar-refractivity contribution is 5.71. The summed E-state index contributed by atoms with van der Waals surface area (Å²) in [6.45, 7) is 6.39. The average molecular weight is 968 g/mol. The molecule has 1 unspecified atom stereocenters. The van der Waals surface area contributed by atoms with Gasteiger partial charge in [-0.2, -0.15) is 0 Å². The molecule has 0 aromatic heterocycles. The van der Waals surface area contributed by atoms with Crippen LogP contribution in [0, 0.1) is 0 Å². The molecule has 0 spiro atoms. The molecule has 0 bridgehead atoms. The Hall–Kier alpha value is -4.45. The SMILES string of the molecule is CC/C=C\C/C=C\C/C=C\C/C=C\C/C=C\C/C=C\C/C=C\C/C=C\C/C=C\C/C=C\CCCCC(=O)OCC(COC(=O)CCCCCCCCCC)OC(=O)CCCCCCC/C=C\CCCC. The summed E-state index contributed by atoms with van der Waals surface area (Å²) in [7, 11) is 0. The van der Waals surface area contributed by atoms with Crippen LogP contribution in [0.5, 0.6) is 0 Å². The van der Waals surface area contributed by atoms with Gasteiger partial charge in [-0.3, -0.25) is 14.4 Å². The minimum atomic E-state index is -0.800. The Morgan fingerprint density at radius 3 is 0.957 bits per heavy atom. The van der Waals surface area contributed by atoms with Gasteiger partial charge in [0.2, 0.25) is 0 Å². The summed E-state index contributed by atoms with van der Waals surface area (Å²) in [4.78, 5) is 37.8. The smallest absolute Gasteiger partial charge is 0.306 e. The Balaban J connectivity index is 4.25. The lowest BCUT2D eigenvalue weighted by atomic mass is 10.1. The highest BCUT2D eigenvalue weighted by atomic mass is 16.6. The van der Waals surface area contributed by atoms with Crippen molar-refractivity contribution >= 4 is 17.9 Å². The molecule has 0 amide bonds. The van der Waals surface area contributed by atoms with Crippen molar-refractivity contribution in [3.63, 3.8) is 0 Å². The molecule has 0 fully saturated rings. The van der Waals surface area contributed by atoms with Gasteiger partial charge < -0.3 is 14.2 Å². The van der Waals surface area contributed by atoms with Gasteiger partial charge >= 0.3 is 17.9 Å². The summed E-state index contributed by atoms with van der Waals surface area (Å²) in [5.74, 6) is -0.966. The lowest BCUT2D eigenvalue weighted by molar-refractivity contribution is -0.167. The summed E-state index contributed by atoms with van der Waals surface area (Å²) >= 11 is 0. The number of unbranched alkanes of at least 4 members (excludes halogenated alkanes) is 16. The van der Waals surface area contributed by atoms with Gasteiger partial charge in [0.15, 0.2) is 6.10 Å². The molecular weight excluding hydrogens is 865 g/mol. The molecule has 0 aromatic rings. The number of hydrogen-bond acceptors (Lipinski definition) is 6. The molecule has 0 heterocycles. The van der Waals surface area contributed by atoms with Crippen molar-refractivity contribution in [2.45, 2.75) is 239 Å². The fraction of sp³-hybridized carbons (Fsp3) is 0.609. The first kappa shape index (κ1) is 65.5. The maximum Gasteiger partial charge on any atom is 0.306 e. The summed E-state index contributed by atoms with van der Waals surface area (Å²) in [6.07, 6.45) is 80.4. The monoisotopic (exact) mass is 967 g/mol. The van der Waals surface area contributed by atoms with Gasteiger partial charge in [0.1, 0.15) is 13.2 Å². The Labute approximate surface area is 430 Å². The van der Waals surface area contributed by atoms with Gasteiger partial charge in [0.05, 0.1) is 0 Å². The summed E-state index contributed by atoms with van der Waals surface area (Å²) in [5.41, 5.74) is 0. The average Bonchev–Trinajstić information content (AvgIpc) is 3.36. The summed E-state index contributed by atoms with van der Waals surface area (Å²) < 4.78 is 16.7. The molecule has 0 aromatic carbocycles. The highest BCUT2D eigenvalue weighted by Crippen LogP contribution is 2.13. The van der Waals surface area contributed by atoms with Crippen LogP contribution in [0.15, 0.2) is 134 Å². The number of hydrogen-bond donors (Lipinski definition) is 0. The second-order valence-corrected chi connectivity index (χ2v) is 18.1. The molecule has 70 heavy (non-hydrogen) atoms. The van der Waals surface area contributed by atoms with Crippen LogP contribution in [0.2, 0.25) is 0 Å². The van der Waals surface area contributed by atoms with E-state index in [0.29, 0.717) is 25.7 Å². The number of carbonyl (C=O) groups is 3. The second-order valence-electron chi connectivity index (χ2n) is 18.1. The van der Waals surface area contributed by atoms with Gasteiger partial charge in [0.25, 0.3) is 0 Å². The molecule has 6 heteroatoms. The molecule has 0 radical (unpaired) electrons. The number of allylic oxidation sites excluding steroid dienone is 22. The van der Waals surface area contributed by atoms with Gasteiger partial charge in [-0.05, 0) is 116 Å².